The molecule has 0 bridgehead atoms. The molecule has 7 heteroatoms. The van der Waals surface area contributed by atoms with Crippen molar-refractivity contribution in [2.75, 3.05) is 6.26 Å². The average Bonchev–Trinajstić information content (AvgIpc) is 2.77. The van der Waals surface area contributed by atoms with Crippen LogP contribution in [0.2, 0.25) is 0 Å². The second-order valence-electron chi connectivity index (χ2n) is 3.62. The van der Waals surface area contributed by atoms with Crippen molar-refractivity contribution in [2.24, 2.45) is 5.73 Å². The fourth-order valence-electron chi connectivity index (χ4n) is 1.55. The van der Waals surface area contributed by atoms with Crippen LogP contribution in [0.3, 0.4) is 0 Å². The number of aryl methyl sites for hydroxylation is 1. The predicted molar refractivity (Wildman–Crippen MR) is 73.2 cm³/mol. The highest BCUT2D eigenvalue weighted by atomic mass is 32.2. The molecule has 0 unspecified atom stereocenters. The lowest BCUT2D eigenvalue weighted by molar-refractivity contribution is 0.0999. The highest BCUT2D eigenvalue weighted by Gasteiger charge is 2.13. The Morgan fingerprint density at radius 3 is 2.83 bits per heavy atom. The maximum Gasteiger partial charge on any atom is 0.261 e. The van der Waals surface area contributed by atoms with E-state index in [4.69, 9.17) is 5.73 Å². The Hall–Kier alpha value is -1.60. The molecule has 18 heavy (non-hydrogen) atoms. The molecule has 0 saturated heterocycles. The van der Waals surface area contributed by atoms with E-state index in [-0.39, 0.29) is 5.56 Å². The number of nitrogens with zero attached hydrogens (tertiary/aromatic N) is 1. The highest BCUT2D eigenvalue weighted by Crippen LogP contribution is 2.28. The zero-order valence-electron chi connectivity index (χ0n) is 9.81. The van der Waals surface area contributed by atoms with Crippen LogP contribution in [-0.4, -0.2) is 22.1 Å². The number of H-pyrrole nitrogens is 1. The number of hydrogen-bond acceptors (Lipinski definition) is 5. The summed E-state index contributed by atoms with van der Waals surface area (Å²) in [6, 6.07) is 1.50. The molecule has 0 aliphatic heterocycles. The number of pyridine rings is 1. The van der Waals surface area contributed by atoms with E-state index in [1.165, 1.54) is 17.4 Å². The number of rotatable bonds is 3. The Morgan fingerprint density at radius 2 is 2.28 bits per heavy atom. The molecule has 0 saturated carbocycles. The second-order valence-corrected chi connectivity index (χ2v) is 5.53. The van der Waals surface area contributed by atoms with Gasteiger partial charge in [0.05, 0.1) is 5.69 Å². The summed E-state index contributed by atoms with van der Waals surface area (Å²) < 4.78 is 0.927. The fourth-order valence-corrected chi connectivity index (χ4v) is 2.81. The van der Waals surface area contributed by atoms with Crippen LogP contribution >= 0.6 is 23.1 Å². The van der Waals surface area contributed by atoms with Crippen LogP contribution in [0.4, 0.5) is 0 Å². The van der Waals surface area contributed by atoms with Gasteiger partial charge >= 0.3 is 0 Å². The van der Waals surface area contributed by atoms with Gasteiger partial charge in [0.15, 0.2) is 0 Å². The third-order valence-electron chi connectivity index (χ3n) is 2.44. The average molecular weight is 281 g/mol. The number of hydrogen-bond donors (Lipinski definition) is 2. The van der Waals surface area contributed by atoms with E-state index in [0.29, 0.717) is 5.69 Å². The second kappa shape index (κ2) is 4.95. The van der Waals surface area contributed by atoms with Crippen LogP contribution in [0, 0.1) is 6.92 Å². The van der Waals surface area contributed by atoms with E-state index in [0.717, 1.165) is 15.6 Å². The van der Waals surface area contributed by atoms with Crippen molar-refractivity contribution in [1.29, 1.82) is 0 Å². The van der Waals surface area contributed by atoms with Gasteiger partial charge in [0.25, 0.3) is 11.5 Å². The van der Waals surface area contributed by atoms with Gasteiger partial charge in [-0.3, -0.25) is 9.59 Å². The molecular weight excluding hydrogens is 270 g/mol. The number of carbonyl (C=O) groups excluding carboxylic acids is 1. The van der Waals surface area contributed by atoms with E-state index in [9.17, 15) is 9.59 Å². The summed E-state index contributed by atoms with van der Waals surface area (Å²) in [6.45, 7) is 1.76. The molecule has 94 valence electrons. The fraction of sp³-hybridized carbons (Fsp3) is 0.182. The molecule has 2 aromatic heterocycles. The van der Waals surface area contributed by atoms with Gasteiger partial charge in [-0.2, -0.15) is 0 Å². The molecule has 2 aromatic rings. The highest BCUT2D eigenvalue weighted by molar-refractivity contribution is 8.00. The summed E-state index contributed by atoms with van der Waals surface area (Å²) in [7, 11) is 0. The van der Waals surface area contributed by atoms with Crippen molar-refractivity contribution in [3.63, 3.8) is 0 Å². The maximum absolute atomic E-state index is 11.5. The lowest BCUT2D eigenvalue weighted by Crippen LogP contribution is -2.24. The molecule has 0 radical (unpaired) electrons. The quantitative estimate of drug-likeness (QED) is 0.837. The third kappa shape index (κ3) is 2.32. The summed E-state index contributed by atoms with van der Waals surface area (Å²) >= 11 is 3.06. The van der Waals surface area contributed by atoms with Crippen molar-refractivity contribution in [2.45, 2.75) is 11.3 Å². The molecule has 1 amide bonds. The molecule has 2 heterocycles. The summed E-state index contributed by atoms with van der Waals surface area (Å²) in [5, 5.41) is 1.89. The summed E-state index contributed by atoms with van der Waals surface area (Å²) in [5.41, 5.74) is 6.78. The van der Waals surface area contributed by atoms with Gasteiger partial charge in [0.2, 0.25) is 0 Å². The number of nitrogens with two attached hydrogens (primary N) is 1. The number of aromatic nitrogens is 2. The number of thiazole rings is 1. The van der Waals surface area contributed by atoms with Crippen molar-refractivity contribution >= 4 is 29.0 Å². The van der Waals surface area contributed by atoms with Crippen LogP contribution in [0.15, 0.2) is 20.6 Å². The monoisotopic (exact) mass is 281 g/mol. The van der Waals surface area contributed by atoms with Crippen molar-refractivity contribution in [3.8, 4) is 11.3 Å². The molecule has 0 spiro atoms. The zero-order chi connectivity index (χ0) is 13.3. The van der Waals surface area contributed by atoms with Crippen LogP contribution < -0.4 is 11.3 Å². The minimum absolute atomic E-state index is 0.0469. The standard InChI is InChI=1S/C11H11N3O2S2/c1-5-6(8-4-18-11(14-8)17-2)3-7(9(12)15)10(16)13-5/h3-4H,1-2H3,(H2,12,15)(H,13,16). The third-order valence-corrected chi connectivity index (χ3v) is 4.30. The summed E-state index contributed by atoms with van der Waals surface area (Å²) in [4.78, 5) is 29.7. The number of amides is 1. The smallest absolute Gasteiger partial charge is 0.261 e. The Kier molecular flexibility index (Phi) is 3.53. The summed E-state index contributed by atoms with van der Waals surface area (Å²) in [5.74, 6) is -0.738. The molecule has 2 rings (SSSR count). The first-order valence-corrected chi connectivity index (χ1v) is 7.17. The number of primary amides is 1. The topological polar surface area (TPSA) is 88.8 Å². The van der Waals surface area contributed by atoms with Gasteiger partial charge in [0, 0.05) is 16.6 Å². The van der Waals surface area contributed by atoms with Crippen LogP contribution in [0.25, 0.3) is 11.3 Å². The molecular formula is C11H11N3O2S2. The molecule has 0 fully saturated rings. The number of carbonyl (C=O) groups is 1. The van der Waals surface area contributed by atoms with Crippen LogP contribution in [-0.2, 0) is 0 Å². The lowest BCUT2D eigenvalue weighted by Gasteiger charge is -2.04. The molecule has 5 nitrogen and oxygen atoms in total. The van der Waals surface area contributed by atoms with Crippen LogP contribution in [0.5, 0.6) is 0 Å². The van der Waals surface area contributed by atoms with E-state index in [2.05, 4.69) is 9.97 Å². The molecule has 0 aliphatic rings. The van der Waals surface area contributed by atoms with Crippen molar-refractivity contribution < 1.29 is 4.79 Å². The maximum atomic E-state index is 11.5. The van der Waals surface area contributed by atoms with Crippen molar-refractivity contribution in [3.05, 3.63) is 33.1 Å². The lowest BCUT2D eigenvalue weighted by atomic mass is 10.1. The molecule has 0 aliphatic carbocycles. The Morgan fingerprint density at radius 1 is 1.56 bits per heavy atom. The molecule has 0 aromatic carbocycles. The van der Waals surface area contributed by atoms with E-state index in [1.807, 2.05) is 11.6 Å². The van der Waals surface area contributed by atoms with Gasteiger partial charge in [-0.25, -0.2) is 4.98 Å². The van der Waals surface area contributed by atoms with Gasteiger partial charge in [-0.15, -0.1) is 11.3 Å². The van der Waals surface area contributed by atoms with Gasteiger partial charge in [0.1, 0.15) is 9.90 Å². The molecule has 3 N–H and O–H groups in total. The van der Waals surface area contributed by atoms with E-state index >= 15 is 0 Å². The number of nitrogens with one attached hydrogen (secondary N) is 1. The Balaban J connectivity index is 2.60. The van der Waals surface area contributed by atoms with E-state index < -0.39 is 11.5 Å². The first kappa shape index (κ1) is 12.8. The van der Waals surface area contributed by atoms with E-state index in [1.54, 1.807) is 18.7 Å². The minimum atomic E-state index is -0.738. The van der Waals surface area contributed by atoms with Crippen molar-refractivity contribution in [1.82, 2.24) is 9.97 Å². The normalized spacial score (nSPS) is 10.6. The van der Waals surface area contributed by atoms with Gasteiger partial charge in [-0.1, -0.05) is 11.8 Å². The minimum Gasteiger partial charge on any atom is -0.365 e. The first-order valence-electron chi connectivity index (χ1n) is 5.06. The Bertz CT molecular complexity index is 661. The number of thioether (sulfide) groups is 1. The summed E-state index contributed by atoms with van der Waals surface area (Å²) in [6.07, 6.45) is 1.94. The SMILES string of the molecule is CSc1nc(-c2cc(C(N)=O)c(=O)[nH]c2C)cs1. The predicted octanol–water partition coefficient (Wildman–Crippen LogP) is 1.63. The molecule has 0 atom stereocenters. The van der Waals surface area contributed by atoms with Crippen LogP contribution in [0.1, 0.15) is 16.1 Å². The Labute approximate surface area is 111 Å². The van der Waals surface area contributed by atoms with Gasteiger partial charge in [-0.05, 0) is 19.2 Å². The van der Waals surface area contributed by atoms with Gasteiger partial charge < -0.3 is 10.7 Å². The zero-order valence-corrected chi connectivity index (χ0v) is 11.4. The largest absolute Gasteiger partial charge is 0.365 e. The first-order chi connectivity index (χ1) is 8.52. The number of aromatic amines is 1.